The molecule has 0 saturated carbocycles. The lowest BCUT2D eigenvalue weighted by atomic mass is 9.98. The highest BCUT2D eigenvalue weighted by molar-refractivity contribution is 5.82. The molecule has 0 aromatic carbocycles. The average molecular weight is 210 g/mol. The maximum atomic E-state index is 12.2. The Balaban J connectivity index is 1.94. The second kappa shape index (κ2) is 4.52. The largest absolute Gasteiger partial charge is 0.339 e. The van der Waals surface area contributed by atoms with E-state index in [1.165, 1.54) is 25.7 Å². The third kappa shape index (κ3) is 2.33. The zero-order chi connectivity index (χ0) is 10.8. The normalized spacial score (nSPS) is 36.9. The number of nitrogens with one attached hydrogen (secondary N) is 1. The monoisotopic (exact) mass is 210 g/mol. The van der Waals surface area contributed by atoms with Crippen molar-refractivity contribution in [2.24, 2.45) is 0 Å². The van der Waals surface area contributed by atoms with Crippen LogP contribution in [0.5, 0.6) is 0 Å². The summed E-state index contributed by atoms with van der Waals surface area (Å²) in [5.41, 5.74) is 0. The van der Waals surface area contributed by atoms with Gasteiger partial charge in [0.1, 0.15) is 0 Å². The Kier molecular flexibility index (Phi) is 3.29. The van der Waals surface area contributed by atoms with Gasteiger partial charge in [0.2, 0.25) is 5.91 Å². The van der Waals surface area contributed by atoms with Crippen LogP contribution in [0, 0.1) is 0 Å². The molecule has 86 valence electrons. The standard InChI is InChI=1S/C12H22N2O/c1-9-5-3-7-11(13-9)12(15)14-8-4-6-10(14)2/h9-11,13H,3-8H2,1-2H3. The fourth-order valence-electron chi connectivity index (χ4n) is 2.79. The van der Waals surface area contributed by atoms with E-state index in [1.54, 1.807) is 0 Å². The Labute approximate surface area is 92.2 Å². The molecule has 15 heavy (non-hydrogen) atoms. The first-order valence-electron chi connectivity index (χ1n) is 6.25. The lowest BCUT2D eigenvalue weighted by molar-refractivity contribution is -0.134. The minimum Gasteiger partial charge on any atom is -0.339 e. The molecule has 2 heterocycles. The summed E-state index contributed by atoms with van der Waals surface area (Å²) in [5, 5.41) is 3.42. The average Bonchev–Trinajstić information content (AvgIpc) is 2.63. The van der Waals surface area contributed by atoms with Crippen molar-refractivity contribution in [2.75, 3.05) is 6.54 Å². The van der Waals surface area contributed by atoms with Gasteiger partial charge in [0, 0.05) is 18.6 Å². The topological polar surface area (TPSA) is 32.3 Å². The molecule has 2 saturated heterocycles. The van der Waals surface area contributed by atoms with Crippen LogP contribution in [0.1, 0.15) is 46.0 Å². The number of piperidine rings is 1. The molecule has 3 heteroatoms. The van der Waals surface area contributed by atoms with Crippen molar-refractivity contribution in [3.8, 4) is 0 Å². The van der Waals surface area contributed by atoms with Crippen LogP contribution in [0.2, 0.25) is 0 Å². The van der Waals surface area contributed by atoms with E-state index in [2.05, 4.69) is 24.1 Å². The molecule has 0 bridgehead atoms. The van der Waals surface area contributed by atoms with Crippen LogP contribution in [0.3, 0.4) is 0 Å². The van der Waals surface area contributed by atoms with Crippen LogP contribution >= 0.6 is 0 Å². The summed E-state index contributed by atoms with van der Waals surface area (Å²) in [5.74, 6) is 0.339. The third-order valence-corrected chi connectivity index (χ3v) is 3.75. The van der Waals surface area contributed by atoms with Gasteiger partial charge in [0.05, 0.1) is 6.04 Å². The molecule has 0 radical (unpaired) electrons. The van der Waals surface area contributed by atoms with Gasteiger partial charge in [-0.3, -0.25) is 4.79 Å². The van der Waals surface area contributed by atoms with E-state index in [1.807, 2.05) is 0 Å². The summed E-state index contributed by atoms with van der Waals surface area (Å²) in [6.45, 7) is 5.30. The first kappa shape index (κ1) is 10.9. The molecule has 2 aliphatic rings. The molecule has 0 aliphatic carbocycles. The SMILES string of the molecule is CC1CCCC(C(=O)N2CCCC2C)N1. The van der Waals surface area contributed by atoms with Gasteiger partial charge in [0.25, 0.3) is 0 Å². The lowest BCUT2D eigenvalue weighted by Crippen LogP contribution is -2.52. The number of carbonyl (C=O) groups excluding carboxylic acids is 1. The van der Waals surface area contributed by atoms with Gasteiger partial charge in [-0.1, -0.05) is 0 Å². The number of likely N-dealkylation sites (tertiary alicyclic amines) is 1. The summed E-state index contributed by atoms with van der Waals surface area (Å²) in [7, 11) is 0. The van der Waals surface area contributed by atoms with Crippen LogP contribution in [-0.2, 0) is 4.79 Å². The Morgan fingerprint density at radius 2 is 2.00 bits per heavy atom. The zero-order valence-electron chi connectivity index (χ0n) is 9.83. The van der Waals surface area contributed by atoms with Crippen molar-refractivity contribution in [2.45, 2.75) is 64.1 Å². The van der Waals surface area contributed by atoms with Gasteiger partial charge >= 0.3 is 0 Å². The first-order valence-corrected chi connectivity index (χ1v) is 6.25. The molecular weight excluding hydrogens is 188 g/mol. The van der Waals surface area contributed by atoms with E-state index in [9.17, 15) is 4.79 Å². The van der Waals surface area contributed by atoms with Gasteiger partial charge in [-0.15, -0.1) is 0 Å². The highest BCUT2D eigenvalue weighted by atomic mass is 16.2. The second-order valence-electron chi connectivity index (χ2n) is 5.07. The van der Waals surface area contributed by atoms with Crippen molar-refractivity contribution in [1.29, 1.82) is 0 Å². The Bertz CT molecular complexity index is 242. The molecule has 2 rings (SSSR count). The molecule has 2 fully saturated rings. The number of amides is 1. The Hall–Kier alpha value is -0.570. The van der Waals surface area contributed by atoms with Crippen molar-refractivity contribution in [3.05, 3.63) is 0 Å². The third-order valence-electron chi connectivity index (χ3n) is 3.75. The van der Waals surface area contributed by atoms with E-state index in [0.29, 0.717) is 18.0 Å². The Morgan fingerprint density at radius 3 is 2.60 bits per heavy atom. The van der Waals surface area contributed by atoms with Crippen LogP contribution in [0.15, 0.2) is 0 Å². The highest BCUT2D eigenvalue weighted by Crippen LogP contribution is 2.21. The molecule has 2 aliphatic heterocycles. The molecular formula is C12H22N2O. The van der Waals surface area contributed by atoms with Crippen LogP contribution in [-0.4, -0.2) is 35.5 Å². The fourth-order valence-corrected chi connectivity index (χ4v) is 2.79. The molecule has 3 unspecified atom stereocenters. The molecule has 3 atom stereocenters. The van der Waals surface area contributed by atoms with Gasteiger partial charge < -0.3 is 10.2 Å². The van der Waals surface area contributed by atoms with Crippen molar-refractivity contribution in [1.82, 2.24) is 10.2 Å². The minimum absolute atomic E-state index is 0.0919. The molecule has 0 aromatic heterocycles. The molecule has 0 spiro atoms. The summed E-state index contributed by atoms with van der Waals surface area (Å²) in [4.78, 5) is 14.3. The smallest absolute Gasteiger partial charge is 0.239 e. The van der Waals surface area contributed by atoms with E-state index >= 15 is 0 Å². The highest BCUT2D eigenvalue weighted by Gasteiger charge is 2.32. The zero-order valence-corrected chi connectivity index (χ0v) is 9.83. The minimum atomic E-state index is 0.0919. The first-order chi connectivity index (χ1) is 7.18. The number of hydrogen-bond acceptors (Lipinski definition) is 2. The molecule has 1 amide bonds. The van der Waals surface area contributed by atoms with Gasteiger partial charge in [-0.2, -0.15) is 0 Å². The molecule has 3 nitrogen and oxygen atoms in total. The summed E-state index contributed by atoms with van der Waals surface area (Å²) >= 11 is 0. The second-order valence-corrected chi connectivity index (χ2v) is 5.07. The predicted molar refractivity (Wildman–Crippen MR) is 60.6 cm³/mol. The van der Waals surface area contributed by atoms with Crippen LogP contribution in [0.4, 0.5) is 0 Å². The van der Waals surface area contributed by atoms with E-state index in [4.69, 9.17) is 0 Å². The number of hydrogen-bond donors (Lipinski definition) is 1. The summed E-state index contributed by atoms with van der Waals surface area (Å²) < 4.78 is 0. The van der Waals surface area contributed by atoms with Crippen molar-refractivity contribution in [3.63, 3.8) is 0 Å². The maximum absolute atomic E-state index is 12.2. The molecule has 1 N–H and O–H groups in total. The van der Waals surface area contributed by atoms with Gasteiger partial charge in [0.15, 0.2) is 0 Å². The van der Waals surface area contributed by atoms with Gasteiger partial charge in [-0.25, -0.2) is 0 Å². The summed E-state index contributed by atoms with van der Waals surface area (Å²) in [6.07, 6.45) is 5.77. The lowest BCUT2D eigenvalue weighted by Gasteiger charge is -2.32. The Morgan fingerprint density at radius 1 is 1.20 bits per heavy atom. The van der Waals surface area contributed by atoms with Crippen molar-refractivity contribution < 1.29 is 4.79 Å². The predicted octanol–water partition coefficient (Wildman–Crippen LogP) is 1.53. The van der Waals surface area contributed by atoms with Gasteiger partial charge in [-0.05, 0) is 46.0 Å². The maximum Gasteiger partial charge on any atom is 0.239 e. The van der Waals surface area contributed by atoms with E-state index in [-0.39, 0.29) is 6.04 Å². The number of nitrogens with zero attached hydrogens (tertiary/aromatic N) is 1. The van der Waals surface area contributed by atoms with Crippen LogP contribution < -0.4 is 5.32 Å². The van der Waals surface area contributed by atoms with E-state index in [0.717, 1.165) is 13.0 Å². The number of rotatable bonds is 1. The quantitative estimate of drug-likeness (QED) is 0.712. The van der Waals surface area contributed by atoms with Crippen molar-refractivity contribution >= 4 is 5.91 Å². The van der Waals surface area contributed by atoms with Crippen LogP contribution in [0.25, 0.3) is 0 Å². The molecule has 0 aromatic rings. The number of carbonyl (C=O) groups is 1. The van der Waals surface area contributed by atoms with E-state index < -0.39 is 0 Å². The summed E-state index contributed by atoms with van der Waals surface area (Å²) in [6, 6.07) is 1.05. The fraction of sp³-hybridized carbons (Fsp3) is 0.917.